The molecule has 0 spiro atoms. The lowest BCUT2D eigenvalue weighted by molar-refractivity contribution is -0.252. The Kier molecular flexibility index (Phi) is 5.93. The predicted octanol–water partition coefficient (Wildman–Crippen LogP) is 5.48. The maximum atomic E-state index is 11.8. The summed E-state index contributed by atoms with van der Waals surface area (Å²) in [5.41, 5.74) is 5.48. The van der Waals surface area contributed by atoms with E-state index >= 15 is 0 Å². The topological polar surface area (TPSA) is 90.8 Å². The maximum absolute atomic E-state index is 11.8. The van der Waals surface area contributed by atoms with Crippen LogP contribution in [0.15, 0.2) is 60.7 Å². The van der Waals surface area contributed by atoms with Crippen LogP contribution in [-0.2, 0) is 11.5 Å². The number of carboxylic acids is 1. The van der Waals surface area contributed by atoms with Crippen LogP contribution in [0.2, 0.25) is 0 Å². The zero-order valence-electron chi connectivity index (χ0n) is 15.7. The van der Waals surface area contributed by atoms with Gasteiger partial charge in [-0.15, -0.1) is 0 Å². The van der Waals surface area contributed by atoms with Crippen LogP contribution in [0.25, 0.3) is 0 Å². The molecule has 0 amide bonds. The third-order valence-electron chi connectivity index (χ3n) is 4.35. The number of aryl methyl sites for hydroxylation is 2. The molecule has 0 heterocycles. The van der Waals surface area contributed by atoms with Crippen molar-refractivity contribution in [3.63, 3.8) is 0 Å². The van der Waals surface area contributed by atoms with Crippen LogP contribution < -0.4 is 10.6 Å². The van der Waals surface area contributed by atoms with Crippen molar-refractivity contribution in [2.24, 2.45) is 0 Å². The van der Waals surface area contributed by atoms with Crippen molar-refractivity contribution in [2.45, 2.75) is 20.5 Å². The number of carboxylic acid groups (broad SMARTS) is 1. The van der Waals surface area contributed by atoms with E-state index in [2.05, 4.69) is 15.5 Å². The fourth-order valence-corrected chi connectivity index (χ4v) is 2.81. The lowest BCUT2D eigenvalue weighted by Crippen LogP contribution is -2.07. The first-order chi connectivity index (χ1) is 13.5. The van der Waals surface area contributed by atoms with E-state index in [1.807, 2.05) is 62.4 Å². The molecule has 0 aliphatic heterocycles. The second-order valence-electron chi connectivity index (χ2n) is 6.62. The smallest absolute Gasteiger partial charge is 0.337 e. The number of nitrogens with one attached hydrogen (secondary N) is 2. The zero-order chi connectivity index (χ0) is 20.1. The summed E-state index contributed by atoms with van der Waals surface area (Å²) in [4.78, 5) is 16.2. The van der Waals surface area contributed by atoms with Gasteiger partial charge in [-0.25, -0.2) is 9.68 Å². The fourth-order valence-electron chi connectivity index (χ4n) is 2.81. The van der Waals surface area contributed by atoms with Gasteiger partial charge in [-0.3, -0.25) is 5.26 Å². The highest BCUT2D eigenvalue weighted by Gasteiger charge is 2.16. The van der Waals surface area contributed by atoms with Crippen molar-refractivity contribution in [1.29, 1.82) is 0 Å². The van der Waals surface area contributed by atoms with Gasteiger partial charge in [-0.1, -0.05) is 35.4 Å². The van der Waals surface area contributed by atoms with Crippen LogP contribution >= 0.6 is 0 Å². The fraction of sp³-hybridized carbons (Fsp3) is 0.136. The van der Waals surface area contributed by atoms with E-state index < -0.39 is 5.97 Å². The number of anilines is 4. The average Bonchev–Trinajstić information content (AvgIpc) is 2.67. The van der Waals surface area contributed by atoms with Crippen molar-refractivity contribution < 1.29 is 20.0 Å². The van der Waals surface area contributed by atoms with Gasteiger partial charge in [-0.2, -0.15) is 0 Å². The first-order valence-corrected chi connectivity index (χ1v) is 8.80. The van der Waals surface area contributed by atoms with Gasteiger partial charge in [0.05, 0.1) is 11.3 Å². The standard InChI is InChI=1S/C22H22N2O4/c1-14-3-7-17(8-4-14)23-20-12-19(22(25)26)21(11-16(20)13-28-27)24-18-9-5-15(2)6-10-18/h3-12,23-24,27H,13H2,1-2H3,(H,25,26). The quantitative estimate of drug-likeness (QED) is 0.321. The van der Waals surface area contributed by atoms with Gasteiger partial charge in [-0.05, 0) is 50.2 Å². The van der Waals surface area contributed by atoms with Crippen LogP contribution in [0.1, 0.15) is 27.0 Å². The van der Waals surface area contributed by atoms with Gasteiger partial charge >= 0.3 is 5.97 Å². The number of benzene rings is 3. The number of hydrogen-bond acceptors (Lipinski definition) is 5. The summed E-state index contributed by atoms with van der Waals surface area (Å²) < 4.78 is 0. The highest BCUT2D eigenvalue weighted by Crippen LogP contribution is 2.31. The molecule has 4 N–H and O–H groups in total. The highest BCUT2D eigenvalue weighted by atomic mass is 17.1. The Morgan fingerprint density at radius 2 is 1.36 bits per heavy atom. The number of rotatable bonds is 7. The molecule has 3 aromatic rings. The first-order valence-electron chi connectivity index (χ1n) is 8.80. The van der Waals surface area contributed by atoms with E-state index in [0.717, 1.165) is 22.5 Å². The zero-order valence-corrected chi connectivity index (χ0v) is 15.7. The maximum Gasteiger partial charge on any atom is 0.337 e. The van der Waals surface area contributed by atoms with Gasteiger partial charge in [0.1, 0.15) is 6.61 Å². The van der Waals surface area contributed by atoms with E-state index in [0.29, 0.717) is 16.9 Å². The van der Waals surface area contributed by atoms with Crippen molar-refractivity contribution >= 4 is 28.7 Å². The molecule has 0 aliphatic rings. The third kappa shape index (κ3) is 4.68. The lowest BCUT2D eigenvalue weighted by Gasteiger charge is -2.17. The Labute approximate surface area is 163 Å². The Morgan fingerprint density at radius 1 is 0.857 bits per heavy atom. The predicted molar refractivity (Wildman–Crippen MR) is 110 cm³/mol. The lowest BCUT2D eigenvalue weighted by atomic mass is 10.1. The first kappa shape index (κ1) is 19.4. The van der Waals surface area contributed by atoms with Gasteiger partial charge in [0.2, 0.25) is 0 Å². The summed E-state index contributed by atoms with van der Waals surface area (Å²) in [6, 6.07) is 18.5. The second-order valence-corrected chi connectivity index (χ2v) is 6.62. The molecule has 0 saturated carbocycles. The summed E-state index contributed by atoms with van der Waals surface area (Å²) in [6.07, 6.45) is 0. The minimum atomic E-state index is -1.06. The summed E-state index contributed by atoms with van der Waals surface area (Å²) >= 11 is 0. The molecule has 6 nitrogen and oxygen atoms in total. The van der Waals surface area contributed by atoms with Crippen molar-refractivity contribution in [3.05, 3.63) is 82.9 Å². The van der Waals surface area contributed by atoms with Crippen LogP contribution in [0.3, 0.4) is 0 Å². The minimum absolute atomic E-state index is 0.0866. The molecule has 0 fully saturated rings. The second kappa shape index (κ2) is 8.56. The molecule has 0 bridgehead atoms. The third-order valence-corrected chi connectivity index (χ3v) is 4.35. The van der Waals surface area contributed by atoms with E-state index in [-0.39, 0.29) is 12.2 Å². The molecule has 28 heavy (non-hydrogen) atoms. The molecule has 0 aromatic heterocycles. The molecule has 0 unspecified atom stereocenters. The van der Waals surface area contributed by atoms with Crippen molar-refractivity contribution in [1.82, 2.24) is 0 Å². The van der Waals surface area contributed by atoms with Crippen LogP contribution in [0, 0.1) is 13.8 Å². The van der Waals surface area contributed by atoms with Gasteiger partial charge in [0, 0.05) is 22.6 Å². The average molecular weight is 378 g/mol. The van der Waals surface area contributed by atoms with E-state index in [1.54, 1.807) is 6.07 Å². The summed E-state index contributed by atoms with van der Waals surface area (Å²) in [5.74, 6) is -1.06. The van der Waals surface area contributed by atoms with Gasteiger partial charge in [0.15, 0.2) is 0 Å². The van der Waals surface area contributed by atoms with Crippen LogP contribution in [0.5, 0.6) is 0 Å². The molecule has 0 saturated heterocycles. The van der Waals surface area contributed by atoms with E-state index in [4.69, 9.17) is 5.26 Å². The Morgan fingerprint density at radius 3 is 1.82 bits per heavy atom. The Balaban J connectivity index is 2.00. The van der Waals surface area contributed by atoms with Crippen LogP contribution in [-0.4, -0.2) is 16.3 Å². The van der Waals surface area contributed by atoms with Gasteiger partial charge in [0.25, 0.3) is 0 Å². The number of aromatic carboxylic acids is 1. The summed E-state index contributed by atoms with van der Waals surface area (Å²) in [6.45, 7) is 3.88. The SMILES string of the molecule is Cc1ccc(Nc2cc(C(=O)O)c(Nc3ccc(C)cc3)cc2COO)cc1. The summed E-state index contributed by atoms with van der Waals surface area (Å²) in [5, 5.41) is 25.0. The Bertz CT molecular complexity index is 967. The molecular weight excluding hydrogens is 356 g/mol. The van der Waals surface area contributed by atoms with Crippen LogP contribution in [0.4, 0.5) is 22.7 Å². The monoisotopic (exact) mass is 378 g/mol. The summed E-state index contributed by atoms with van der Waals surface area (Å²) in [7, 11) is 0. The highest BCUT2D eigenvalue weighted by molar-refractivity contribution is 5.97. The molecule has 144 valence electrons. The molecule has 3 rings (SSSR count). The molecule has 0 atom stereocenters. The molecule has 0 radical (unpaired) electrons. The molecule has 3 aromatic carbocycles. The largest absolute Gasteiger partial charge is 0.478 e. The van der Waals surface area contributed by atoms with Crippen molar-refractivity contribution in [3.8, 4) is 0 Å². The molecule has 0 aliphatic carbocycles. The normalized spacial score (nSPS) is 10.5. The molecular formula is C22H22N2O4. The van der Waals surface area contributed by atoms with E-state index in [1.165, 1.54) is 6.07 Å². The molecule has 6 heteroatoms. The number of carbonyl (C=O) groups is 1. The number of hydrogen-bond donors (Lipinski definition) is 4. The Hall–Kier alpha value is -3.35. The van der Waals surface area contributed by atoms with Crippen molar-refractivity contribution in [2.75, 3.05) is 10.6 Å². The van der Waals surface area contributed by atoms with Gasteiger partial charge < -0.3 is 15.7 Å². The minimum Gasteiger partial charge on any atom is -0.478 e. The van der Waals surface area contributed by atoms with E-state index in [9.17, 15) is 9.90 Å².